The molecule has 4 rings (SSSR count). The quantitative estimate of drug-likeness (QED) is 0.289. The number of nitrogens with zero attached hydrogens (tertiary/aromatic N) is 5. The summed E-state index contributed by atoms with van der Waals surface area (Å²) in [6.45, 7) is 12.9. The smallest absolute Gasteiger partial charge is 0.125 e. The molecule has 36 heavy (non-hydrogen) atoms. The average molecular weight is 486 g/mol. The van der Waals surface area contributed by atoms with Gasteiger partial charge in [-0.05, 0) is 88.4 Å². The zero-order valence-electron chi connectivity index (χ0n) is 22.1. The van der Waals surface area contributed by atoms with Crippen LogP contribution in [0.15, 0.2) is 52.8 Å². The summed E-state index contributed by atoms with van der Waals surface area (Å²) in [5.41, 5.74) is 9.12. The number of hydrogen-bond acceptors (Lipinski definition) is 7. The summed E-state index contributed by atoms with van der Waals surface area (Å²) >= 11 is 0. The summed E-state index contributed by atoms with van der Waals surface area (Å²) in [6.07, 6.45) is 2.87. The second kappa shape index (κ2) is 11.0. The molecule has 7 heteroatoms. The van der Waals surface area contributed by atoms with Crippen molar-refractivity contribution < 1.29 is 9.68 Å². The zero-order chi connectivity index (χ0) is 25.7. The van der Waals surface area contributed by atoms with Gasteiger partial charge >= 0.3 is 0 Å². The molecule has 3 aromatic rings. The van der Waals surface area contributed by atoms with Crippen LogP contribution in [0, 0.1) is 26.2 Å². The van der Waals surface area contributed by atoms with E-state index in [2.05, 4.69) is 47.1 Å². The van der Waals surface area contributed by atoms with E-state index in [4.69, 9.17) is 14.7 Å². The maximum atomic E-state index is 5.82. The first-order chi connectivity index (χ1) is 17.2. The first-order valence-corrected chi connectivity index (χ1v) is 12.5. The zero-order valence-corrected chi connectivity index (χ0v) is 22.1. The first-order valence-electron chi connectivity index (χ1n) is 12.5. The van der Waals surface area contributed by atoms with Gasteiger partial charge in [-0.1, -0.05) is 36.3 Å². The van der Waals surface area contributed by atoms with E-state index in [1.807, 2.05) is 57.2 Å². The van der Waals surface area contributed by atoms with Gasteiger partial charge in [-0.2, -0.15) is 0 Å². The predicted molar refractivity (Wildman–Crippen MR) is 143 cm³/mol. The van der Waals surface area contributed by atoms with Gasteiger partial charge in [-0.3, -0.25) is 9.97 Å². The fourth-order valence-corrected chi connectivity index (χ4v) is 4.13. The van der Waals surface area contributed by atoms with E-state index in [-0.39, 0.29) is 5.41 Å². The standard InChI is InChI=1S/C29H35N5O2/c1-19-15-21(3)31-27(16-19)22(4)33-35-17-29(5,6)18-36-34-26-12-8-10-23-13-14-25(32-28(23)26)24-11-7-9-20(2)30-24/h7,9,11,13-16H,8,10,12,17-18H2,1-6H3/b33-22+,34-26+. The Balaban J connectivity index is 1.39. The van der Waals surface area contributed by atoms with Crippen LogP contribution < -0.4 is 0 Å². The highest BCUT2D eigenvalue weighted by atomic mass is 16.6. The van der Waals surface area contributed by atoms with Crippen LogP contribution in [0.1, 0.15) is 67.5 Å². The number of pyridine rings is 3. The van der Waals surface area contributed by atoms with E-state index < -0.39 is 0 Å². The van der Waals surface area contributed by atoms with Crippen LogP contribution in [0.2, 0.25) is 0 Å². The van der Waals surface area contributed by atoms with Crippen LogP contribution in [0.4, 0.5) is 0 Å². The molecule has 3 aromatic heterocycles. The van der Waals surface area contributed by atoms with Gasteiger partial charge in [0.2, 0.25) is 0 Å². The molecule has 0 bridgehead atoms. The van der Waals surface area contributed by atoms with Gasteiger partial charge in [-0.15, -0.1) is 0 Å². The highest BCUT2D eigenvalue weighted by Gasteiger charge is 2.23. The maximum Gasteiger partial charge on any atom is 0.125 e. The van der Waals surface area contributed by atoms with Crippen LogP contribution in [-0.2, 0) is 16.1 Å². The molecule has 0 spiro atoms. The van der Waals surface area contributed by atoms with Gasteiger partial charge in [-0.25, -0.2) is 4.98 Å². The van der Waals surface area contributed by atoms with Gasteiger partial charge in [0.05, 0.1) is 22.8 Å². The van der Waals surface area contributed by atoms with E-state index in [0.29, 0.717) is 13.2 Å². The first kappa shape index (κ1) is 25.5. The Morgan fingerprint density at radius 3 is 2.44 bits per heavy atom. The largest absolute Gasteiger partial charge is 0.395 e. The fraction of sp³-hybridized carbons (Fsp3) is 0.414. The molecule has 1 aliphatic rings. The topological polar surface area (TPSA) is 81.9 Å². The molecule has 0 N–H and O–H groups in total. The number of aromatic nitrogens is 3. The molecule has 0 fully saturated rings. The Labute approximate surface area is 213 Å². The van der Waals surface area contributed by atoms with Crippen molar-refractivity contribution in [1.82, 2.24) is 15.0 Å². The lowest BCUT2D eigenvalue weighted by atomic mass is 9.94. The van der Waals surface area contributed by atoms with Crippen LogP contribution in [0.25, 0.3) is 11.4 Å². The number of hydrogen-bond donors (Lipinski definition) is 0. The fourth-order valence-electron chi connectivity index (χ4n) is 4.13. The number of fused-ring (bicyclic) bond motifs is 1. The van der Waals surface area contributed by atoms with Crippen molar-refractivity contribution in [2.45, 2.75) is 60.8 Å². The number of rotatable bonds is 8. The highest BCUT2D eigenvalue weighted by molar-refractivity contribution is 6.01. The molecule has 0 aromatic carbocycles. The van der Waals surface area contributed by atoms with Gasteiger partial charge in [0, 0.05) is 16.8 Å². The van der Waals surface area contributed by atoms with Gasteiger partial charge in [0.1, 0.15) is 24.6 Å². The molecule has 0 aliphatic heterocycles. The molecular formula is C29H35N5O2. The third-order valence-corrected chi connectivity index (χ3v) is 6.02. The lowest BCUT2D eigenvalue weighted by Crippen LogP contribution is -2.24. The Hall–Kier alpha value is -3.61. The Kier molecular flexibility index (Phi) is 7.77. The second-order valence-electron chi connectivity index (χ2n) is 10.3. The van der Waals surface area contributed by atoms with Crippen molar-refractivity contribution in [3.63, 3.8) is 0 Å². The summed E-state index contributed by atoms with van der Waals surface area (Å²) in [5.74, 6) is 0. The van der Waals surface area contributed by atoms with E-state index in [1.54, 1.807) is 0 Å². The molecule has 1 aliphatic carbocycles. The van der Waals surface area contributed by atoms with Crippen molar-refractivity contribution in [1.29, 1.82) is 0 Å². The Bertz CT molecular complexity index is 1280. The second-order valence-corrected chi connectivity index (χ2v) is 10.3. The minimum atomic E-state index is -0.276. The highest BCUT2D eigenvalue weighted by Crippen LogP contribution is 2.25. The van der Waals surface area contributed by atoms with E-state index >= 15 is 0 Å². The lowest BCUT2D eigenvalue weighted by Gasteiger charge is -2.22. The minimum absolute atomic E-state index is 0.276. The van der Waals surface area contributed by atoms with E-state index in [0.717, 1.165) is 70.4 Å². The normalized spacial score (nSPS) is 15.1. The molecule has 188 valence electrons. The van der Waals surface area contributed by atoms with Gasteiger partial charge in [0.25, 0.3) is 0 Å². The Morgan fingerprint density at radius 2 is 1.67 bits per heavy atom. The number of aryl methyl sites for hydroxylation is 4. The molecule has 3 heterocycles. The number of oxime groups is 2. The van der Waals surface area contributed by atoms with E-state index in [1.165, 1.54) is 5.56 Å². The molecule has 0 amide bonds. The summed E-state index contributed by atoms with van der Waals surface area (Å²) in [6, 6.07) is 14.2. The molecule has 0 atom stereocenters. The molecule has 0 saturated carbocycles. The minimum Gasteiger partial charge on any atom is -0.395 e. The predicted octanol–water partition coefficient (Wildman–Crippen LogP) is 5.99. The van der Waals surface area contributed by atoms with Gasteiger partial charge < -0.3 is 9.68 Å². The van der Waals surface area contributed by atoms with E-state index in [9.17, 15) is 0 Å². The molecule has 0 saturated heterocycles. The van der Waals surface area contributed by atoms with Crippen molar-refractivity contribution in [3.8, 4) is 11.4 Å². The third-order valence-electron chi connectivity index (χ3n) is 6.02. The SMILES string of the molecule is C/C(=N\OCC(C)(C)CO/N=C1\CCCc2ccc(-c3cccc(C)n3)nc21)c1cc(C)cc(C)n1. The molecule has 0 radical (unpaired) electrons. The summed E-state index contributed by atoms with van der Waals surface area (Å²) in [4.78, 5) is 25.6. The van der Waals surface area contributed by atoms with Crippen LogP contribution in [0.3, 0.4) is 0 Å². The summed E-state index contributed by atoms with van der Waals surface area (Å²) in [5, 5.41) is 8.79. The van der Waals surface area contributed by atoms with Crippen molar-refractivity contribution in [3.05, 3.63) is 76.4 Å². The monoisotopic (exact) mass is 485 g/mol. The van der Waals surface area contributed by atoms with Crippen molar-refractivity contribution >= 4 is 11.4 Å². The van der Waals surface area contributed by atoms with Crippen molar-refractivity contribution in [2.75, 3.05) is 13.2 Å². The third kappa shape index (κ3) is 6.53. The molecule has 7 nitrogen and oxygen atoms in total. The lowest BCUT2D eigenvalue weighted by molar-refractivity contribution is -0.000158. The average Bonchev–Trinajstić information content (AvgIpc) is 2.83. The van der Waals surface area contributed by atoms with Crippen LogP contribution in [-0.4, -0.2) is 39.6 Å². The van der Waals surface area contributed by atoms with Crippen molar-refractivity contribution in [2.24, 2.45) is 15.7 Å². The summed E-state index contributed by atoms with van der Waals surface area (Å²) < 4.78 is 0. The van der Waals surface area contributed by atoms with Crippen LogP contribution in [0.5, 0.6) is 0 Å². The Morgan fingerprint density at radius 1 is 0.889 bits per heavy atom. The maximum absolute atomic E-state index is 5.82. The molecular weight excluding hydrogens is 450 g/mol. The van der Waals surface area contributed by atoms with Crippen LogP contribution >= 0.6 is 0 Å². The summed E-state index contributed by atoms with van der Waals surface area (Å²) in [7, 11) is 0. The van der Waals surface area contributed by atoms with Gasteiger partial charge in [0.15, 0.2) is 0 Å². The molecule has 0 unspecified atom stereocenters.